The topological polar surface area (TPSA) is 40.5 Å². The number of aliphatic hydroxyl groups excluding tert-OH is 1. The van der Waals surface area contributed by atoms with Crippen LogP contribution in [-0.4, -0.2) is 35.1 Å². The minimum Gasteiger partial charge on any atom is -0.394 e. The van der Waals surface area contributed by atoms with Crippen LogP contribution in [0.5, 0.6) is 0 Å². The second kappa shape index (κ2) is 5.59. The first-order valence-electron chi connectivity index (χ1n) is 5.91. The smallest absolute Gasteiger partial charge is 0.255 e. The van der Waals surface area contributed by atoms with Crippen molar-refractivity contribution in [3.63, 3.8) is 0 Å². The number of carbonyl (C=O) groups excluding carboxylic acids is 1. The van der Waals surface area contributed by atoms with Crippen LogP contribution in [0, 0.1) is 5.92 Å². The highest BCUT2D eigenvalue weighted by Crippen LogP contribution is 2.28. The second-order valence-electron chi connectivity index (χ2n) is 4.64. The lowest BCUT2D eigenvalue weighted by molar-refractivity contribution is 0.0647. The molecule has 2 rings (SSSR count). The van der Waals surface area contributed by atoms with Crippen molar-refractivity contribution < 1.29 is 9.90 Å². The number of rotatable bonds is 2. The number of likely N-dealkylation sites (tertiary alicyclic amines) is 1. The molecule has 0 saturated carbocycles. The van der Waals surface area contributed by atoms with Crippen LogP contribution in [0.4, 0.5) is 0 Å². The zero-order valence-corrected chi connectivity index (χ0v) is 12.4. The first-order valence-corrected chi connectivity index (χ1v) is 7.08. The molecule has 2 atom stereocenters. The third kappa shape index (κ3) is 2.56. The van der Waals surface area contributed by atoms with Gasteiger partial charge in [0.25, 0.3) is 5.91 Å². The SMILES string of the molecule is CC1CCN(C(=O)c2ccc(Cl)cc2Br)C1CO. The van der Waals surface area contributed by atoms with E-state index in [1.54, 1.807) is 23.1 Å². The van der Waals surface area contributed by atoms with E-state index in [0.717, 1.165) is 6.42 Å². The van der Waals surface area contributed by atoms with Crippen molar-refractivity contribution in [1.29, 1.82) is 0 Å². The van der Waals surface area contributed by atoms with E-state index in [4.69, 9.17) is 11.6 Å². The van der Waals surface area contributed by atoms with E-state index in [2.05, 4.69) is 22.9 Å². The summed E-state index contributed by atoms with van der Waals surface area (Å²) in [5.41, 5.74) is 0.590. The van der Waals surface area contributed by atoms with Gasteiger partial charge in [-0.25, -0.2) is 0 Å². The number of nitrogens with zero attached hydrogens (tertiary/aromatic N) is 1. The van der Waals surface area contributed by atoms with Crippen molar-refractivity contribution in [2.45, 2.75) is 19.4 Å². The molecule has 5 heteroatoms. The predicted molar refractivity (Wildman–Crippen MR) is 74.8 cm³/mol. The van der Waals surface area contributed by atoms with Crippen LogP contribution in [0.3, 0.4) is 0 Å². The summed E-state index contributed by atoms with van der Waals surface area (Å²) in [5.74, 6) is 0.284. The van der Waals surface area contributed by atoms with E-state index in [-0.39, 0.29) is 18.6 Å². The highest BCUT2D eigenvalue weighted by atomic mass is 79.9. The van der Waals surface area contributed by atoms with Crippen LogP contribution in [0.2, 0.25) is 5.02 Å². The number of amides is 1. The molecule has 1 fully saturated rings. The predicted octanol–water partition coefficient (Wildman–Crippen LogP) is 2.95. The number of aliphatic hydroxyl groups is 1. The van der Waals surface area contributed by atoms with Crippen LogP contribution in [0.15, 0.2) is 22.7 Å². The number of carbonyl (C=O) groups is 1. The van der Waals surface area contributed by atoms with Crippen LogP contribution >= 0.6 is 27.5 Å². The normalized spacial score (nSPS) is 23.4. The molecule has 98 valence electrons. The molecule has 0 radical (unpaired) electrons. The zero-order chi connectivity index (χ0) is 13.3. The Labute approximate surface area is 120 Å². The maximum Gasteiger partial charge on any atom is 0.255 e. The molecule has 1 aliphatic rings. The Hall–Kier alpha value is -0.580. The number of hydrogen-bond donors (Lipinski definition) is 1. The number of benzene rings is 1. The molecule has 1 saturated heterocycles. The lowest BCUT2D eigenvalue weighted by atomic mass is 10.0. The molecule has 0 aromatic heterocycles. The van der Waals surface area contributed by atoms with Crippen LogP contribution in [-0.2, 0) is 0 Å². The molecular formula is C13H15BrClNO2. The van der Waals surface area contributed by atoms with Crippen molar-refractivity contribution in [3.8, 4) is 0 Å². The van der Waals surface area contributed by atoms with Crippen molar-refractivity contribution >= 4 is 33.4 Å². The highest BCUT2D eigenvalue weighted by molar-refractivity contribution is 9.10. The molecule has 0 bridgehead atoms. The molecule has 1 aromatic rings. The van der Waals surface area contributed by atoms with Crippen LogP contribution < -0.4 is 0 Å². The van der Waals surface area contributed by atoms with E-state index in [1.165, 1.54) is 0 Å². The summed E-state index contributed by atoms with van der Waals surface area (Å²) < 4.78 is 0.691. The quantitative estimate of drug-likeness (QED) is 0.904. The summed E-state index contributed by atoms with van der Waals surface area (Å²) in [6.45, 7) is 2.77. The Bertz CT molecular complexity index is 466. The third-order valence-corrected chi connectivity index (χ3v) is 4.38. The van der Waals surface area contributed by atoms with Crippen molar-refractivity contribution in [2.75, 3.05) is 13.2 Å². The Morgan fingerprint density at radius 3 is 2.94 bits per heavy atom. The molecule has 3 nitrogen and oxygen atoms in total. The van der Waals surface area contributed by atoms with E-state index in [0.29, 0.717) is 27.5 Å². The van der Waals surface area contributed by atoms with Gasteiger partial charge in [0, 0.05) is 16.0 Å². The van der Waals surface area contributed by atoms with Gasteiger partial charge in [-0.15, -0.1) is 0 Å². The van der Waals surface area contributed by atoms with E-state index in [9.17, 15) is 9.90 Å². The molecule has 1 aliphatic heterocycles. The average Bonchev–Trinajstić information content (AvgIpc) is 2.69. The monoisotopic (exact) mass is 331 g/mol. The summed E-state index contributed by atoms with van der Waals surface area (Å²) >= 11 is 9.22. The summed E-state index contributed by atoms with van der Waals surface area (Å²) in [7, 11) is 0. The third-order valence-electron chi connectivity index (χ3n) is 3.49. The fourth-order valence-corrected chi connectivity index (χ4v) is 3.21. The largest absolute Gasteiger partial charge is 0.394 e. The van der Waals surface area contributed by atoms with Crippen LogP contribution in [0.1, 0.15) is 23.7 Å². The lowest BCUT2D eigenvalue weighted by Crippen LogP contribution is -2.39. The molecule has 18 heavy (non-hydrogen) atoms. The minimum absolute atomic E-state index is 0.0120. The fourth-order valence-electron chi connectivity index (χ4n) is 2.36. The fraction of sp³-hybridized carbons (Fsp3) is 0.462. The van der Waals surface area contributed by atoms with Crippen molar-refractivity contribution in [1.82, 2.24) is 4.90 Å². The molecule has 1 amide bonds. The molecule has 1 aromatic carbocycles. The summed E-state index contributed by atoms with van der Waals surface area (Å²) in [4.78, 5) is 14.2. The van der Waals surface area contributed by atoms with Gasteiger partial charge in [-0.1, -0.05) is 18.5 Å². The van der Waals surface area contributed by atoms with Crippen molar-refractivity contribution in [2.24, 2.45) is 5.92 Å². The van der Waals surface area contributed by atoms with Gasteiger partial charge in [-0.3, -0.25) is 4.79 Å². The van der Waals surface area contributed by atoms with E-state index >= 15 is 0 Å². The minimum atomic E-state index is -0.0833. The molecule has 0 aliphatic carbocycles. The molecule has 2 unspecified atom stereocenters. The summed E-state index contributed by atoms with van der Waals surface area (Å²) in [5, 5.41) is 9.98. The molecule has 0 spiro atoms. The molecular weight excluding hydrogens is 318 g/mol. The summed E-state index contributed by atoms with van der Waals surface area (Å²) in [6, 6.07) is 5.04. The van der Waals surface area contributed by atoms with Gasteiger partial charge in [-0.2, -0.15) is 0 Å². The average molecular weight is 333 g/mol. The van der Waals surface area contributed by atoms with Gasteiger partial charge >= 0.3 is 0 Å². The van der Waals surface area contributed by atoms with Gasteiger partial charge < -0.3 is 10.0 Å². The number of halogens is 2. The van der Waals surface area contributed by atoms with Gasteiger partial charge in [0.1, 0.15) is 0 Å². The lowest BCUT2D eigenvalue weighted by Gasteiger charge is -2.25. The first kappa shape index (κ1) is 13.8. The van der Waals surface area contributed by atoms with Gasteiger partial charge in [0.15, 0.2) is 0 Å². The second-order valence-corrected chi connectivity index (χ2v) is 5.93. The van der Waals surface area contributed by atoms with E-state index < -0.39 is 0 Å². The van der Waals surface area contributed by atoms with Gasteiger partial charge in [0.05, 0.1) is 18.2 Å². The van der Waals surface area contributed by atoms with Crippen LogP contribution in [0.25, 0.3) is 0 Å². The Morgan fingerprint density at radius 2 is 2.33 bits per heavy atom. The van der Waals surface area contributed by atoms with Gasteiger partial charge in [0.2, 0.25) is 0 Å². The van der Waals surface area contributed by atoms with Gasteiger partial charge in [-0.05, 0) is 46.5 Å². The maximum absolute atomic E-state index is 12.4. The zero-order valence-electron chi connectivity index (χ0n) is 10.1. The maximum atomic E-state index is 12.4. The molecule has 1 heterocycles. The highest BCUT2D eigenvalue weighted by Gasteiger charge is 2.34. The summed E-state index contributed by atoms with van der Waals surface area (Å²) in [6.07, 6.45) is 0.933. The Kier molecular flexibility index (Phi) is 4.30. The Morgan fingerprint density at radius 1 is 1.61 bits per heavy atom. The first-order chi connectivity index (χ1) is 8.54. The number of hydrogen-bond acceptors (Lipinski definition) is 2. The van der Waals surface area contributed by atoms with E-state index in [1.807, 2.05) is 0 Å². The van der Waals surface area contributed by atoms with Crippen molar-refractivity contribution in [3.05, 3.63) is 33.3 Å². The molecule has 1 N–H and O–H groups in total. The standard InChI is InChI=1S/C13H15BrClNO2/c1-8-4-5-16(12(8)7-17)13(18)10-3-2-9(15)6-11(10)14/h2-3,6,8,12,17H,4-5,7H2,1H3. The Balaban J connectivity index is 2.26.